The largest absolute Gasteiger partial charge is 0.395 e. The van der Waals surface area contributed by atoms with Crippen LogP contribution in [0, 0.1) is 5.82 Å². The summed E-state index contributed by atoms with van der Waals surface area (Å²) in [6.45, 7) is 1.97. The van der Waals surface area contributed by atoms with Gasteiger partial charge in [-0.3, -0.25) is 5.10 Å². The molecule has 78 valence electrons. The fourth-order valence-electron chi connectivity index (χ4n) is 1.51. The molecule has 0 aliphatic rings. The topological polar surface area (TPSA) is 54.7 Å². The van der Waals surface area contributed by atoms with Crippen molar-refractivity contribution in [2.75, 3.05) is 5.73 Å². The predicted octanol–water partition coefficient (Wildman–Crippen LogP) is 2.36. The van der Waals surface area contributed by atoms with Crippen molar-refractivity contribution < 1.29 is 4.39 Å². The molecule has 0 radical (unpaired) electrons. The third kappa shape index (κ3) is 1.58. The Morgan fingerprint density at radius 2 is 2.13 bits per heavy atom. The summed E-state index contributed by atoms with van der Waals surface area (Å²) in [5, 5.41) is 6.84. The van der Waals surface area contributed by atoms with E-state index in [1.54, 1.807) is 18.2 Å². The summed E-state index contributed by atoms with van der Waals surface area (Å²) in [4.78, 5) is 0. The second kappa shape index (κ2) is 3.73. The number of halogens is 1. The van der Waals surface area contributed by atoms with Crippen LogP contribution in [0.15, 0.2) is 24.3 Å². The Bertz CT molecular complexity index is 476. The zero-order valence-electron chi connectivity index (χ0n) is 8.42. The van der Waals surface area contributed by atoms with Crippen LogP contribution in [0.25, 0.3) is 11.3 Å². The summed E-state index contributed by atoms with van der Waals surface area (Å²) in [5.74, 6) is -0.307. The van der Waals surface area contributed by atoms with E-state index in [1.165, 1.54) is 6.07 Å². The summed E-state index contributed by atoms with van der Waals surface area (Å²) in [7, 11) is 0. The second-order valence-electron chi connectivity index (χ2n) is 3.30. The van der Waals surface area contributed by atoms with Crippen LogP contribution < -0.4 is 5.73 Å². The number of nitrogens with one attached hydrogen (secondary N) is 1. The SMILES string of the molecule is CCc1[nH]nc(-c2ccccc2F)c1N. The van der Waals surface area contributed by atoms with Crippen molar-refractivity contribution in [3.05, 3.63) is 35.8 Å². The van der Waals surface area contributed by atoms with Gasteiger partial charge >= 0.3 is 0 Å². The molecule has 3 N–H and O–H groups in total. The lowest BCUT2D eigenvalue weighted by molar-refractivity contribution is 0.630. The van der Waals surface area contributed by atoms with E-state index < -0.39 is 0 Å². The first-order valence-electron chi connectivity index (χ1n) is 4.81. The van der Waals surface area contributed by atoms with Gasteiger partial charge in [0.15, 0.2) is 0 Å². The van der Waals surface area contributed by atoms with Crippen molar-refractivity contribution in [3.63, 3.8) is 0 Å². The number of anilines is 1. The first-order chi connectivity index (χ1) is 7.24. The Labute approximate surface area is 87.1 Å². The lowest BCUT2D eigenvalue weighted by Crippen LogP contribution is -1.92. The molecule has 0 saturated carbocycles. The van der Waals surface area contributed by atoms with Gasteiger partial charge < -0.3 is 5.73 Å². The minimum absolute atomic E-state index is 0.307. The Kier molecular flexibility index (Phi) is 2.41. The quantitative estimate of drug-likeness (QED) is 0.790. The Hall–Kier alpha value is -1.84. The monoisotopic (exact) mass is 205 g/mol. The molecule has 0 aliphatic carbocycles. The van der Waals surface area contributed by atoms with Crippen LogP contribution in [0.5, 0.6) is 0 Å². The fraction of sp³-hybridized carbons (Fsp3) is 0.182. The van der Waals surface area contributed by atoms with Crippen LogP contribution in [0.4, 0.5) is 10.1 Å². The van der Waals surface area contributed by atoms with Gasteiger partial charge in [-0.15, -0.1) is 0 Å². The molecule has 4 heteroatoms. The zero-order chi connectivity index (χ0) is 10.8. The van der Waals surface area contributed by atoms with Gasteiger partial charge in [-0.25, -0.2) is 4.39 Å². The van der Waals surface area contributed by atoms with Crippen molar-refractivity contribution in [2.24, 2.45) is 0 Å². The molecule has 3 nitrogen and oxygen atoms in total. The van der Waals surface area contributed by atoms with E-state index in [0.29, 0.717) is 16.9 Å². The lowest BCUT2D eigenvalue weighted by atomic mass is 10.1. The van der Waals surface area contributed by atoms with E-state index in [2.05, 4.69) is 10.2 Å². The molecule has 2 aromatic rings. The Morgan fingerprint density at radius 1 is 1.40 bits per heavy atom. The van der Waals surface area contributed by atoms with Crippen LogP contribution in [-0.2, 0) is 6.42 Å². The van der Waals surface area contributed by atoms with Gasteiger partial charge in [0.25, 0.3) is 0 Å². The number of hydrogen-bond acceptors (Lipinski definition) is 2. The molecule has 0 saturated heterocycles. The van der Waals surface area contributed by atoms with Gasteiger partial charge in [0, 0.05) is 5.56 Å². The maximum absolute atomic E-state index is 13.5. The number of rotatable bonds is 2. The van der Waals surface area contributed by atoms with Crippen LogP contribution in [-0.4, -0.2) is 10.2 Å². The lowest BCUT2D eigenvalue weighted by Gasteiger charge is -2.00. The second-order valence-corrected chi connectivity index (χ2v) is 3.30. The molecule has 0 fully saturated rings. The highest BCUT2D eigenvalue weighted by atomic mass is 19.1. The highest BCUT2D eigenvalue weighted by Crippen LogP contribution is 2.27. The maximum atomic E-state index is 13.5. The average molecular weight is 205 g/mol. The molecule has 0 spiro atoms. The molecule has 0 unspecified atom stereocenters. The Balaban J connectivity index is 2.55. The van der Waals surface area contributed by atoms with Crippen LogP contribution in [0.3, 0.4) is 0 Å². The van der Waals surface area contributed by atoms with Gasteiger partial charge in [0.2, 0.25) is 0 Å². The molecule has 2 rings (SSSR count). The van der Waals surface area contributed by atoms with E-state index >= 15 is 0 Å². The first-order valence-corrected chi connectivity index (χ1v) is 4.81. The van der Waals surface area contributed by atoms with Gasteiger partial charge in [0.1, 0.15) is 11.5 Å². The zero-order valence-corrected chi connectivity index (χ0v) is 8.42. The molecular weight excluding hydrogens is 193 g/mol. The van der Waals surface area contributed by atoms with Crippen LogP contribution in [0.1, 0.15) is 12.6 Å². The molecule has 15 heavy (non-hydrogen) atoms. The standard InChI is InChI=1S/C11H12FN3/c1-2-9-10(13)11(15-14-9)7-5-3-4-6-8(7)12/h3-6H,2,13H2,1H3,(H,14,15). The van der Waals surface area contributed by atoms with E-state index in [1.807, 2.05) is 6.92 Å². The number of aryl methyl sites for hydroxylation is 1. The molecule has 0 aliphatic heterocycles. The number of nitrogens with two attached hydrogens (primary N) is 1. The molecule has 0 bridgehead atoms. The van der Waals surface area contributed by atoms with E-state index in [9.17, 15) is 4.39 Å². The fourth-order valence-corrected chi connectivity index (χ4v) is 1.51. The number of nitrogens with zero attached hydrogens (tertiary/aromatic N) is 1. The van der Waals surface area contributed by atoms with Crippen molar-refractivity contribution >= 4 is 5.69 Å². The molecule has 0 atom stereocenters. The third-order valence-electron chi connectivity index (χ3n) is 2.37. The summed E-state index contributed by atoms with van der Waals surface area (Å²) < 4.78 is 13.5. The van der Waals surface area contributed by atoms with Gasteiger partial charge in [-0.05, 0) is 18.6 Å². The average Bonchev–Trinajstić information content (AvgIpc) is 2.60. The highest BCUT2D eigenvalue weighted by Gasteiger charge is 2.13. The first kappa shape index (κ1) is 9.71. The smallest absolute Gasteiger partial charge is 0.132 e. The molecule has 1 aromatic carbocycles. The highest BCUT2D eigenvalue weighted by molar-refractivity contribution is 5.74. The summed E-state index contributed by atoms with van der Waals surface area (Å²) in [6.07, 6.45) is 0.757. The minimum atomic E-state index is -0.307. The number of hydrogen-bond donors (Lipinski definition) is 2. The van der Waals surface area contributed by atoms with Gasteiger partial charge in [0.05, 0.1) is 11.4 Å². The van der Waals surface area contributed by atoms with Gasteiger partial charge in [-0.2, -0.15) is 5.10 Å². The number of benzene rings is 1. The maximum Gasteiger partial charge on any atom is 0.132 e. The van der Waals surface area contributed by atoms with E-state index in [0.717, 1.165) is 12.1 Å². The third-order valence-corrected chi connectivity index (χ3v) is 2.37. The molecule has 0 amide bonds. The van der Waals surface area contributed by atoms with E-state index in [4.69, 9.17) is 5.73 Å². The minimum Gasteiger partial charge on any atom is -0.395 e. The van der Waals surface area contributed by atoms with Crippen molar-refractivity contribution in [2.45, 2.75) is 13.3 Å². The number of aromatic nitrogens is 2. The summed E-state index contributed by atoms with van der Waals surface area (Å²) in [5.41, 5.74) is 8.15. The van der Waals surface area contributed by atoms with Crippen molar-refractivity contribution in [1.82, 2.24) is 10.2 Å². The number of nitrogen functional groups attached to an aromatic ring is 1. The summed E-state index contributed by atoms with van der Waals surface area (Å²) >= 11 is 0. The predicted molar refractivity (Wildman–Crippen MR) is 57.8 cm³/mol. The van der Waals surface area contributed by atoms with Gasteiger partial charge in [-0.1, -0.05) is 19.1 Å². The van der Waals surface area contributed by atoms with Crippen molar-refractivity contribution in [3.8, 4) is 11.3 Å². The normalized spacial score (nSPS) is 10.5. The van der Waals surface area contributed by atoms with E-state index in [-0.39, 0.29) is 5.82 Å². The van der Waals surface area contributed by atoms with Crippen molar-refractivity contribution in [1.29, 1.82) is 0 Å². The molecule has 1 aromatic heterocycles. The van der Waals surface area contributed by atoms with Crippen LogP contribution >= 0.6 is 0 Å². The number of aromatic amines is 1. The van der Waals surface area contributed by atoms with Crippen LogP contribution in [0.2, 0.25) is 0 Å². The number of H-pyrrole nitrogens is 1. The molecular formula is C11H12FN3. The Morgan fingerprint density at radius 3 is 2.73 bits per heavy atom. The molecule has 1 heterocycles. The summed E-state index contributed by atoms with van der Waals surface area (Å²) in [6, 6.07) is 6.47.